The number of rotatable bonds is 7. The van der Waals surface area contributed by atoms with Gasteiger partial charge in [-0.05, 0) is 51.5 Å². The van der Waals surface area contributed by atoms with Gasteiger partial charge in [0.05, 0.1) is 0 Å². The van der Waals surface area contributed by atoms with Crippen LogP contribution in [0.4, 0.5) is 0 Å². The number of hydrogen-bond donors (Lipinski definition) is 0. The quantitative estimate of drug-likeness (QED) is 0.570. The minimum Gasteiger partial charge on any atom is -0.482 e. The largest absolute Gasteiger partial charge is 0.482 e. The first-order valence-electron chi connectivity index (χ1n) is 7.45. The van der Waals surface area contributed by atoms with Crippen molar-refractivity contribution in [1.82, 2.24) is 0 Å². The maximum absolute atomic E-state index is 11.5. The molecule has 0 aliphatic carbocycles. The summed E-state index contributed by atoms with van der Waals surface area (Å²) in [7, 11) is 0. The summed E-state index contributed by atoms with van der Waals surface area (Å²) in [6.45, 7) is 7.25. The van der Waals surface area contributed by atoms with Gasteiger partial charge in [-0.1, -0.05) is 13.3 Å². The Bertz CT molecular complexity index is 485. The Hall–Kier alpha value is -2.04. The number of carbonyl (C=O) groups excluding carboxylic acids is 2. The first-order valence-corrected chi connectivity index (χ1v) is 7.45. The molecular weight excluding hydrogens is 284 g/mol. The van der Waals surface area contributed by atoms with Crippen molar-refractivity contribution in [3.8, 4) is 11.5 Å². The predicted octanol–water partition coefficient (Wildman–Crippen LogP) is 3.50. The van der Waals surface area contributed by atoms with Crippen molar-refractivity contribution >= 4 is 11.9 Å². The normalized spacial score (nSPS) is 10.9. The molecule has 0 atom stereocenters. The fraction of sp³-hybridized carbons (Fsp3) is 0.529. The van der Waals surface area contributed by atoms with Crippen molar-refractivity contribution in [2.45, 2.75) is 52.6 Å². The Labute approximate surface area is 131 Å². The van der Waals surface area contributed by atoms with Crippen LogP contribution in [0.15, 0.2) is 24.3 Å². The highest BCUT2D eigenvalue weighted by Crippen LogP contribution is 2.18. The molecule has 22 heavy (non-hydrogen) atoms. The molecule has 0 radical (unpaired) electrons. The van der Waals surface area contributed by atoms with Gasteiger partial charge in [0.2, 0.25) is 0 Å². The topological polar surface area (TPSA) is 61.8 Å². The molecule has 0 aromatic heterocycles. The molecule has 0 saturated heterocycles. The average molecular weight is 308 g/mol. The van der Waals surface area contributed by atoms with Crippen LogP contribution in [0.3, 0.4) is 0 Å². The van der Waals surface area contributed by atoms with Crippen molar-refractivity contribution in [1.29, 1.82) is 0 Å². The van der Waals surface area contributed by atoms with E-state index < -0.39 is 11.6 Å². The molecule has 0 heterocycles. The van der Waals surface area contributed by atoms with Crippen LogP contribution in [0.5, 0.6) is 11.5 Å². The molecule has 122 valence electrons. The number of esters is 2. The highest BCUT2D eigenvalue weighted by molar-refractivity contribution is 5.72. The summed E-state index contributed by atoms with van der Waals surface area (Å²) in [5.41, 5.74) is -0.531. The predicted molar refractivity (Wildman–Crippen MR) is 82.9 cm³/mol. The van der Waals surface area contributed by atoms with Crippen LogP contribution in [0.1, 0.15) is 47.0 Å². The van der Waals surface area contributed by atoms with Crippen LogP contribution in [-0.4, -0.2) is 24.1 Å². The SMILES string of the molecule is CCCCC(=O)Oc1ccc(OCC(=O)OC(C)(C)C)cc1. The molecule has 0 saturated carbocycles. The van der Waals surface area contributed by atoms with Crippen LogP contribution >= 0.6 is 0 Å². The lowest BCUT2D eigenvalue weighted by Gasteiger charge is -2.19. The van der Waals surface area contributed by atoms with E-state index in [1.807, 2.05) is 6.92 Å². The summed E-state index contributed by atoms with van der Waals surface area (Å²) in [6, 6.07) is 6.56. The second kappa shape index (κ2) is 8.41. The zero-order chi connectivity index (χ0) is 16.6. The average Bonchev–Trinajstić information content (AvgIpc) is 2.42. The van der Waals surface area contributed by atoms with Gasteiger partial charge in [-0.2, -0.15) is 0 Å². The van der Waals surface area contributed by atoms with Crippen LogP contribution < -0.4 is 9.47 Å². The Morgan fingerprint density at radius 3 is 2.14 bits per heavy atom. The molecule has 1 rings (SSSR count). The van der Waals surface area contributed by atoms with E-state index in [1.165, 1.54) is 0 Å². The minimum atomic E-state index is -0.531. The maximum atomic E-state index is 11.5. The number of unbranched alkanes of at least 4 members (excludes halogenated alkanes) is 1. The number of hydrogen-bond acceptors (Lipinski definition) is 5. The molecule has 0 unspecified atom stereocenters. The zero-order valence-electron chi connectivity index (χ0n) is 13.7. The van der Waals surface area contributed by atoms with E-state index in [2.05, 4.69) is 0 Å². The van der Waals surface area contributed by atoms with Crippen LogP contribution in [-0.2, 0) is 14.3 Å². The highest BCUT2D eigenvalue weighted by Gasteiger charge is 2.16. The lowest BCUT2D eigenvalue weighted by molar-refractivity contribution is -0.157. The lowest BCUT2D eigenvalue weighted by Crippen LogP contribution is -2.27. The van der Waals surface area contributed by atoms with E-state index in [1.54, 1.807) is 45.0 Å². The minimum absolute atomic E-state index is 0.160. The van der Waals surface area contributed by atoms with Crippen LogP contribution in [0.2, 0.25) is 0 Å². The van der Waals surface area contributed by atoms with Gasteiger partial charge in [-0.3, -0.25) is 4.79 Å². The maximum Gasteiger partial charge on any atom is 0.344 e. The van der Waals surface area contributed by atoms with Crippen molar-refractivity contribution in [2.24, 2.45) is 0 Å². The first kappa shape index (κ1) is 18.0. The Kier molecular flexibility index (Phi) is 6.89. The van der Waals surface area contributed by atoms with Gasteiger partial charge in [0, 0.05) is 6.42 Å². The van der Waals surface area contributed by atoms with E-state index in [4.69, 9.17) is 14.2 Å². The van der Waals surface area contributed by atoms with Crippen molar-refractivity contribution in [2.75, 3.05) is 6.61 Å². The molecule has 0 aliphatic heterocycles. The molecule has 0 N–H and O–H groups in total. The van der Waals surface area contributed by atoms with Crippen molar-refractivity contribution in [3.05, 3.63) is 24.3 Å². The fourth-order valence-corrected chi connectivity index (χ4v) is 1.62. The number of carbonyl (C=O) groups is 2. The third-order valence-electron chi connectivity index (χ3n) is 2.57. The second-order valence-corrected chi connectivity index (χ2v) is 5.92. The summed E-state index contributed by atoms with van der Waals surface area (Å²) in [5, 5.41) is 0. The van der Waals surface area contributed by atoms with E-state index >= 15 is 0 Å². The number of ether oxygens (including phenoxy) is 3. The van der Waals surface area contributed by atoms with Gasteiger partial charge in [-0.25, -0.2) is 4.79 Å². The third-order valence-corrected chi connectivity index (χ3v) is 2.57. The molecule has 0 aliphatic rings. The van der Waals surface area contributed by atoms with E-state index in [0.717, 1.165) is 12.8 Å². The van der Waals surface area contributed by atoms with E-state index in [-0.39, 0.29) is 12.6 Å². The van der Waals surface area contributed by atoms with Crippen molar-refractivity contribution in [3.63, 3.8) is 0 Å². The second-order valence-electron chi connectivity index (χ2n) is 5.92. The lowest BCUT2D eigenvalue weighted by atomic mass is 10.2. The molecule has 0 amide bonds. The van der Waals surface area contributed by atoms with Gasteiger partial charge in [0.15, 0.2) is 6.61 Å². The van der Waals surface area contributed by atoms with Gasteiger partial charge < -0.3 is 14.2 Å². The summed E-state index contributed by atoms with van der Waals surface area (Å²) in [5.74, 6) is 0.303. The third kappa shape index (κ3) is 7.67. The van der Waals surface area contributed by atoms with Crippen LogP contribution in [0.25, 0.3) is 0 Å². The standard InChI is InChI=1S/C17H24O5/c1-5-6-7-15(18)21-14-10-8-13(9-11-14)20-12-16(19)22-17(2,3)4/h8-11H,5-7,12H2,1-4H3. The van der Waals surface area contributed by atoms with Gasteiger partial charge in [0.1, 0.15) is 17.1 Å². The smallest absolute Gasteiger partial charge is 0.344 e. The summed E-state index contributed by atoms with van der Waals surface area (Å²) in [6.07, 6.45) is 2.18. The fourth-order valence-electron chi connectivity index (χ4n) is 1.62. The zero-order valence-corrected chi connectivity index (χ0v) is 13.7. The first-order chi connectivity index (χ1) is 10.3. The summed E-state index contributed by atoms with van der Waals surface area (Å²) in [4.78, 5) is 23.0. The molecular formula is C17H24O5. The highest BCUT2D eigenvalue weighted by atomic mass is 16.6. The molecule has 0 bridgehead atoms. The van der Waals surface area contributed by atoms with Gasteiger partial charge >= 0.3 is 11.9 Å². The monoisotopic (exact) mass is 308 g/mol. The van der Waals surface area contributed by atoms with E-state index in [0.29, 0.717) is 17.9 Å². The van der Waals surface area contributed by atoms with E-state index in [9.17, 15) is 9.59 Å². The summed E-state index contributed by atoms with van der Waals surface area (Å²) >= 11 is 0. The Balaban J connectivity index is 2.42. The molecule has 1 aromatic rings. The molecule has 5 heteroatoms. The Morgan fingerprint density at radius 1 is 1.00 bits per heavy atom. The summed E-state index contributed by atoms with van der Waals surface area (Å²) < 4.78 is 15.6. The molecule has 1 aromatic carbocycles. The van der Waals surface area contributed by atoms with Crippen LogP contribution in [0, 0.1) is 0 Å². The molecule has 0 spiro atoms. The Morgan fingerprint density at radius 2 is 1.59 bits per heavy atom. The van der Waals surface area contributed by atoms with Gasteiger partial charge in [-0.15, -0.1) is 0 Å². The van der Waals surface area contributed by atoms with Gasteiger partial charge in [0.25, 0.3) is 0 Å². The van der Waals surface area contributed by atoms with Crippen molar-refractivity contribution < 1.29 is 23.8 Å². The molecule has 0 fully saturated rings. The number of benzene rings is 1. The molecule has 5 nitrogen and oxygen atoms in total.